The normalized spacial score (nSPS) is 11.2. The van der Waals surface area contributed by atoms with Crippen LogP contribution in [0.2, 0.25) is 0 Å². The molecule has 4 rings (SSSR count). The Morgan fingerprint density at radius 2 is 1.72 bits per heavy atom. The Morgan fingerprint density at radius 3 is 2.35 bits per heavy atom. The highest BCUT2D eigenvalue weighted by atomic mass is 32.2. The Bertz CT molecular complexity index is 1610. The van der Waals surface area contributed by atoms with Gasteiger partial charge in [-0.2, -0.15) is 0 Å². The zero-order valence-corrected chi connectivity index (χ0v) is 24.6. The van der Waals surface area contributed by atoms with Crippen LogP contribution in [0.5, 0.6) is 5.75 Å². The predicted octanol–water partition coefficient (Wildman–Crippen LogP) is 4.94. The molecular formula is C28H34F3N7O4S. The highest BCUT2D eigenvalue weighted by molar-refractivity contribution is 7.92. The molecule has 2 heterocycles. The Kier molecular flexibility index (Phi) is 12.3. The lowest BCUT2D eigenvalue weighted by atomic mass is 10.0. The minimum Gasteiger partial charge on any atom is -0.489 e. The van der Waals surface area contributed by atoms with Crippen LogP contribution >= 0.6 is 0 Å². The standard InChI is InChI=1S/C23H22F3N7O3S.C5H12O/c24-5-2-8-37(34,35)33-17-4-1-3-15(19(17)26)13-9-16-20(18(10-13)36-7-6-25)31-22(32-21(16)27)14-11-29-23(28)30-12-14;1-3-5-6-4-2/h1,3-4,9-12,33H,2,5-8H2,(H2,27,31,32)(H2,28,29,30);3-5H2,1-2H3. The molecule has 0 atom stereocenters. The fourth-order valence-electron chi connectivity index (χ4n) is 3.81. The lowest BCUT2D eigenvalue weighted by Crippen LogP contribution is -2.18. The monoisotopic (exact) mass is 621 g/mol. The molecule has 0 fully saturated rings. The number of aromatic nitrogens is 4. The molecule has 2 aromatic heterocycles. The minimum atomic E-state index is -3.97. The van der Waals surface area contributed by atoms with Crippen molar-refractivity contribution in [3.63, 3.8) is 0 Å². The molecule has 0 amide bonds. The van der Waals surface area contributed by atoms with Crippen LogP contribution in [-0.2, 0) is 14.8 Å². The molecule has 4 aromatic rings. The number of ether oxygens (including phenoxy) is 2. The van der Waals surface area contributed by atoms with Gasteiger partial charge in [-0.15, -0.1) is 0 Å². The Morgan fingerprint density at radius 1 is 0.977 bits per heavy atom. The summed E-state index contributed by atoms with van der Waals surface area (Å²) in [6, 6.07) is 7.06. The largest absolute Gasteiger partial charge is 0.489 e. The first kappa shape index (κ1) is 33.3. The summed E-state index contributed by atoms with van der Waals surface area (Å²) in [6.07, 6.45) is 3.73. The number of hydrogen-bond donors (Lipinski definition) is 3. The van der Waals surface area contributed by atoms with Gasteiger partial charge in [0.25, 0.3) is 0 Å². The number of hydrogen-bond acceptors (Lipinski definition) is 10. The van der Waals surface area contributed by atoms with E-state index < -0.39 is 34.9 Å². The third-order valence-corrected chi connectivity index (χ3v) is 7.09. The predicted molar refractivity (Wildman–Crippen MR) is 161 cm³/mol. The molecule has 11 nitrogen and oxygen atoms in total. The summed E-state index contributed by atoms with van der Waals surface area (Å²) < 4.78 is 77.8. The van der Waals surface area contributed by atoms with Gasteiger partial charge in [0.2, 0.25) is 16.0 Å². The lowest BCUT2D eigenvalue weighted by Gasteiger charge is -2.15. The van der Waals surface area contributed by atoms with Crippen LogP contribution in [-0.4, -0.2) is 67.3 Å². The van der Waals surface area contributed by atoms with E-state index in [0.717, 1.165) is 19.6 Å². The van der Waals surface area contributed by atoms with Crippen molar-refractivity contribution < 1.29 is 31.1 Å². The van der Waals surface area contributed by atoms with E-state index in [1.807, 2.05) is 6.92 Å². The van der Waals surface area contributed by atoms with Crippen LogP contribution in [0.1, 0.15) is 26.7 Å². The van der Waals surface area contributed by atoms with Crippen LogP contribution in [0.25, 0.3) is 33.4 Å². The number of nitrogens with two attached hydrogens (primary N) is 2. The molecule has 0 saturated carbocycles. The molecule has 43 heavy (non-hydrogen) atoms. The number of alkyl halides is 2. The highest BCUT2D eigenvalue weighted by Gasteiger charge is 2.19. The van der Waals surface area contributed by atoms with Crippen molar-refractivity contribution >= 4 is 38.4 Å². The maximum absolute atomic E-state index is 15.4. The Labute approximate surface area is 247 Å². The van der Waals surface area contributed by atoms with E-state index in [2.05, 4.69) is 31.6 Å². The van der Waals surface area contributed by atoms with Gasteiger partial charge in [-0.05, 0) is 43.5 Å². The molecule has 0 radical (unpaired) electrons. The molecule has 0 aliphatic carbocycles. The number of nitrogen functional groups attached to an aromatic ring is 2. The van der Waals surface area contributed by atoms with Gasteiger partial charge < -0.3 is 20.9 Å². The van der Waals surface area contributed by atoms with Crippen molar-refractivity contribution in [2.75, 3.05) is 55.1 Å². The molecule has 2 aromatic carbocycles. The number of rotatable bonds is 13. The average molecular weight is 622 g/mol. The second kappa shape index (κ2) is 15.8. The maximum Gasteiger partial charge on any atom is 0.232 e. The molecule has 0 saturated heterocycles. The Hall–Kier alpha value is -4.24. The number of benzene rings is 2. The van der Waals surface area contributed by atoms with Crippen molar-refractivity contribution in [1.29, 1.82) is 0 Å². The Balaban J connectivity index is 0.000000765. The number of nitrogens with one attached hydrogen (secondary N) is 1. The fraction of sp³-hybridized carbons (Fsp3) is 0.357. The maximum atomic E-state index is 15.4. The first-order valence-electron chi connectivity index (χ1n) is 13.4. The zero-order chi connectivity index (χ0) is 31.4. The number of anilines is 3. The summed E-state index contributed by atoms with van der Waals surface area (Å²) >= 11 is 0. The van der Waals surface area contributed by atoms with Gasteiger partial charge in [0.1, 0.15) is 30.4 Å². The van der Waals surface area contributed by atoms with E-state index in [1.54, 1.807) is 0 Å². The molecule has 15 heteroatoms. The van der Waals surface area contributed by atoms with Gasteiger partial charge in [0, 0.05) is 36.6 Å². The number of halogens is 3. The molecule has 0 unspecified atom stereocenters. The van der Waals surface area contributed by atoms with Crippen LogP contribution < -0.4 is 20.9 Å². The van der Waals surface area contributed by atoms with Gasteiger partial charge in [0.05, 0.1) is 23.7 Å². The van der Waals surface area contributed by atoms with Crippen LogP contribution in [0.15, 0.2) is 42.7 Å². The summed E-state index contributed by atoms with van der Waals surface area (Å²) in [7, 11) is -3.97. The zero-order valence-electron chi connectivity index (χ0n) is 23.8. The minimum absolute atomic E-state index is 0.00750. The van der Waals surface area contributed by atoms with E-state index in [1.165, 1.54) is 42.7 Å². The molecule has 0 spiro atoms. The molecule has 232 valence electrons. The van der Waals surface area contributed by atoms with Crippen molar-refractivity contribution in [2.45, 2.75) is 26.7 Å². The van der Waals surface area contributed by atoms with Crippen molar-refractivity contribution in [2.24, 2.45) is 0 Å². The van der Waals surface area contributed by atoms with Crippen LogP contribution in [0.3, 0.4) is 0 Å². The van der Waals surface area contributed by atoms with E-state index in [4.69, 9.17) is 20.9 Å². The smallest absolute Gasteiger partial charge is 0.232 e. The third kappa shape index (κ3) is 9.12. The van der Waals surface area contributed by atoms with E-state index in [9.17, 15) is 17.2 Å². The van der Waals surface area contributed by atoms with Crippen LogP contribution in [0, 0.1) is 5.82 Å². The molecule has 5 N–H and O–H groups in total. The first-order chi connectivity index (χ1) is 20.6. The number of fused-ring (bicyclic) bond motifs is 1. The second-order valence-corrected chi connectivity index (χ2v) is 10.8. The average Bonchev–Trinajstić information content (AvgIpc) is 2.99. The molecule has 0 aliphatic rings. The van der Waals surface area contributed by atoms with Gasteiger partial charge in [-0.1, -0.05) is 19.1 Å². The molecule has 0 aliphatic heterocycles. The quantitative estimate of drug-likeness (QED) is 0.174. The van der Waals surface area contributed by atoms with E-state index in [0.29, 0.717) is 10.9 Å². The summed E-state index contributed by atoms with van der Waals surface area (Å²) in [5.74, 6) is -1.03. The summed E-state index contributed by atoms with van der Waals surface area (Å²) in [6.45, 7) is 3.96. The van der Waals surface area contributed by atoms with Gasteiger partial charge in [0.15, 0.2) is 11.6 Å². The van der Waals surface area contributed by atoms with Crippen LogP contribution in [0.4, 0.5) is 30.6 Å². The third-order valence-electron chi connectivity index (χ3n) is 5.73. The van der Waals surface area contributed by atoms with Crippen molar-refractivity contribution in [3.05, 3.63) is 48.5 Å². The van der Waals surface area contributed by atoms with Crippen molar-refractivity contribution in [1.82, 2.24) is 19.9 Å². The number of nitrogens with zero attached hydrogens (tertiary/aromatic N) is 4. The fourth-order valence-corrected chi connectivity index (χ4v) is 4.89. The molecular weight excluding hydrogens is 587 g/mol. The van der Waals surface area contributed by atoms with Gasteiger partial charge in [-0.3, -0.25) is 9.11 Å². The van der Waals surface area contributed by atoms with Crippen molar-refractivity contribution in [3.8, 4) is 28.3 Å². The van der Waals surface area contributed by atoms with Gasteiger partial charge >= 0.3 is 0 Å². The first-order valence-corrected chi connectivity index (χ1v) is 15.1. The topological polar surface area (TPSA) is 168 Å². The summed E-state index contributed by atoms with van der Waals surface area (Å²) in [4.78, 5) is 16.6. The highest BCUT2D eigenvalue weighted by Crippen LogP contribution is 2.37. The van der Waals surface area contributed by atoms with Gasteiger partial charge in [-0.25, -0.2) is 37.1 Å². The number of sulfonamides is 1. The van der Waals surface area contributed by atoms with E-state index in [-0.39, 0.29) is 58.7 Å². The summed E-state index contributed by atoms with van der Waals surface area (Å²) in [5, 5.41) is 0.291. The van der Waals surface area contributed by atoms with E-state index >= 15 is 4.39 Å². The molecule has 0 bridgehead atoms. The lowest BCUT2D eigenvalue weighted by molar-refractivity contribution is 0.148. The SMILES string of the molecule is CCCOCC.Nc1ncc(-c2nc(N)c3cc(-c4cccc(NS(=O)(=O)CCCF)c4F)cc(OCCF)c3n2)cn1. The summed E-state index contributed by atoms with van der Waals surface area (Å²) in [5.41, 5.74) is 12.3. The second-order valence-electron chi connectivity index (χ2n) is 9.00.